The number of hydrogen-bond acceptors (Lipinski definition) is 6. The number of nitrogens with one attached hydrogen (secondary N) is 2. The lowest BCUT2D eigenvalue weighted by molar-refractivity contribution is 0.0964. The molecule has 0 saturated carbocycles. The fraction of sp³-hybridized carbons (Fsp3) is 0.129. The zero-order valence-electron chi connectivity index (χ0n) is 22.5. The molecule has 3 aromatic carbocycles. The van der Waals surface area contributed by atoms with Crippen LogP contribution in [0.3, 0.4) is 0 Å². The van der Waals surface area contributed by atoms with E-state index in [1.54, 1.807) is 44.6 Å². The van der Waals surface area contributed by atoms with Gasteiger partial charge < -0.3 is 15.2 Å². The summed E-state index contributed by atoms with van der Waals surface area (Å²) in [5, 5.41) is 15.3. The van der Waals surface area contributed by atoms with Gasteiger partial charge in [0.2, 0.25) is 5.82 Å². The number of rotatable bonds is 8. The Hall–Kier alpha value is -5.38. The summed E-state index contributed by atoms with van der Waals surface area (Å²) < 4.78 is 15.9. The molecule has 3 aromatic heterocycles. The first-order valence-corrected chi connectivity index (χ1v) is 13.1. The molecule has 10 heteroatoms. The zero-order chi connectivity index (χ0) is 28.3. The average Bonchev–Trinajstić information content (AvgIpc) is 3.64. The largest absolute Gasteiger partial charge is 0.355 e. The fourth-order valence-corrected chi connectivity index (χ4v) is 4.92. The maximum atomic E-state index is 15.9. The summed E-state index contributed by atoms with van der Waals surface area (Å²) in [7, 11) is 3.20. The highest BCUT2D eigenvalue weighted by Gasteiger charge is 2.23. The topological polar surface area (TPSA) is 105 Å². The van der Waals surface area contributed by atoms with Gasteiger partial charge in [0.15, 0.2) is 5.82 Å². The van der Waals surface area contributed by atoms with Crippen LogP contribution < -0.4 is 10.2 Å². The molecule has 0 saturated heterocycles. The number of benzene rings is 3. The average molecular weight is 547 g/mol. The molecule has 0 aliphatic rings. The van der Waals surface area contributed by atoms with E-state index in [4.69, 9.17) is 4.98 Å². The van der Waals surface area contributed by atoms with Crippen molar-refractivity contribution in [1.82, 2.24) is 35.5 Å². The van der Waals surface area contributed by atoms with Crippen molar-refractivity contribution in [3.05, 3.63) is 114 Å². The number of aryl methyl sites for hydroxylation is 1. The predicted molar refractivity (Wildman–Crippen MR) is 155 cm³/mol. The van der Waals surface area contributed by atoms with Gasteiger partial charge in [0, 0.05) is 43.0 Å². The molecule has 3 heterocycles. The Morgan fingerprint density at radius 3 is 2.22 bits per heavy atom. The molecule has 0 aliphatic carbocycles. The molecule has 41 heavy (non-hydrogen) atoms. The minimum atomic E-state index is -0.492. The van der Waals surface area contributed by atoms with Gasteiger partial charge in [-0.25, -0.2) is 9.37 Å². The van der Waals surface area contributed by atoms with E-state index in [0.29, 0.717) is 46.6 Å². The van der Waals surface area contributed by atoms with E-state index in [0.717, 1.165) is 11.1 Å². The van der Waals surface area contributed by atoms with Crippen LogP contribution in [0.25, 0.3) is 33.5 Å². The number of hydrogen-bond donors (Lipinski definition) is 2. The number of tetrazole rings is 1. The minimum Gasteiger partial charge on any atom is -0.355 e. The van der Waals surface area contributed by atoms with E-state index in [1.807, 2.05) is 36.4 Å². The van der Waals surface area contributed by atoms with Gasteiger partial charge in [-0.3, -0.25) is 4.79 Å². The number of H-pyrrole nitrogens is 1. The third-order valence-electron chi connectivity index (χ3n) is 6.89. The van der Waals surface area contributed by atoms with Crippen LogP contribution in [0.15, 0.2) is 91.1 Å². The molecule has 0 unspecified atom stereocenters. The van der Waals surface area contributed by atoms with Gasteiger partial charge in [0.25, 0.3) is 5.91 Å². The first-order chi connectivity index (χ1) is 20.0. The van der Waals surface area contributed by atoms with Gasteiger partial charge >= 0.3 is 0 Å². The Kier molecular flexibility index (Phi) is 6.95. The predicted octanol–water partition coefficient (Wildman–Crippen LogP) is 5.13. The van der Waals surface area contributed by atoms with Crippen molar-refractivity contribution < 1.29 is 9.18 Å². The lowest BCUT2D eigenvalue weighted by Gasteiger charge is -2.25. The number of aromatic amines is 1. The first-order valence-electron chi connectivity index (χ1n) is 13.1. The number of aromatic nitrogens is 6. The van der Waals surface area contributed by atoms with Gasteiger partial charge in [0.1, 0.15) is 5.82 Å². The highest BCUT2D eigenvalue weighted by molar-refractivity contribution is 6.09. The lowest BCUT2D eigenvalue weighted by atomic mass is 10.1. The van der Waals surface area contributed by atoms with Crippen molar-refractivity contribution in [2.24, 2.45) is 7.05 Å². The molecule has 0 spiro atoms. The molecule has 9 nitrogen and oxygen atoms in total. The van der Waals surface area contributed by atoms with Crippen molar-refractivity contribution in [2.75, 3.05) is 11.9 Å². The molecule has 6 rings (SSSR count). The SMILES string of the molecule is CNC(=O)c1cnc(N(Cc2ccccc2)Cc2ccccc2)c2[nH]c(-c3cccc(-c4nnn(C)n4)c3F)cc12. The van der Waals surface area contributed by atoms with Gasteiger partial charge in [0.05, 0.1) is 23.7 Å². The number of halogens is 1. The van der Waals surface area contributed by atoms with Crippen LogP contribution in [0.2, 0.25) is 0 Å². The molecular weight excluding hydrogens is 519 g/mol. The number of pyridine rings is 1. The van der Waals surface area contributed by atoms with E-state index in [-0.39, 0.29) is 17.3 Å². The van der Waals surface area contributed by atoms with Crippen LogP contribution >= 0.6 is 0 Å². The molecule has 204 valence electrons. The second-order valence-corrected chi connectivity index (χ2v) is 9.64. The Bertz CT molecular complexity index is 1790. The van der Waals surface area contributed by atoms with E-state index < -0.39 is 5.82 Å². The highest BCUT2D eigenvalue weighted by Crippen LogP contribution is 2.35. The number of anilines is 1. The summed E-state index contributed by atoms with van der Waals surface area (Å²) in [6, 6.07) is 27.1. The number of carbonyl (C=O) groups excluding carboxylic acids is 1. The number of carbonyl (C=O) groups is 1. The number of amides is 1. The molecule has 2 N–H and O–H groups in total. The Labute approximate surface area is 235 Å². The molecule has 1 amide bonds. The van der Waals surface area contributed by atoms with Crippen molar-refractivity contribution in [3.63, 3.8) is 0 Å². The fourth-order valence-electron chi connectivity index (χ4n) is 4.92. The van der Waals surface area contributed by atoms with Gasteiger partial charge in [-0.05, 0) is 34.5 Å². The van der Waals surface area contributed by atoms with Crippen molar-refractivity contribution in [2.45, 2.75) is 13.1 Å². The quantitative estimate of drug-likeness (QED) is 0.274. The summed E-state index contributed by atoms with van der Waals surface area (Å²) in [5.74, 6) is 0.0655. The summed E-state index contributed by atoms with van der Waals surface area (Å²) >= 11 is 0. The van der Waals surface area contributed by atoms with Gasteiger partial charge in [-0.1, -0.05) is 66.7 Å². The van der Waals surface area contributed by atoms with Crippen LogP contribution in [0.4, 0.5) is 10.2 Å². The van der Waals surface area contributed by atoms with Crippen molar-refractivity contribution in [3.8, 4) is 22.6 Å². The Morgan fingerprint density at radius 1 is 0.951 bits per heavy atom. The standard InChI is InChI=1S/C31H27FN8O/c1-33-31(41)25-17-34-30(40(18-20-10-5-3-6-11-20)19-21-12-7-4-8-13-21)28-24(25)16-26(35-28)22-14-9-15-23(27(22)32)29-36-38-39(2)37-29/h3-17,35H,18-19H2,1-2H3,(H,33,41). The highest BCUT2D eigenvalue weighted by atomic mass is 19.1. The van der Waals surface area contributed by atoms with Crippen molar-refractivity contribution in [1.29, 1.82) is 0 Å². The Balaban J connectivity index is 1.51. The van der Waals surface area contributed by atoms with Crippen LogP contribution in [0.1, 0.15) is 21.5 Å². The van der Waals surface area contributed by atoms with Crippen LogP contribution in [-0.4, -0.2) is 43.1 Å². The molecule has 0 radical (unpaired) electrons. The lowest BCUT2D eigenvalue weighted by Crippen LogP contribution is -2.24. The van der Waals surface area contributed by atoms with E-state index in [9.17, 15) is 4.79 Å². The summed E-state index contributed by atoms with van der Waals surface area (Å²) in [5.41, 5.74) is 4.29. The summed E-state index contributed by atoms with van der Waals surface area (Å²) in [6.45, 7) is 1.15. The maximum Gasteiger partial charge on any atom is 0.253 e. The normalized spacial score (nSPS) is 11.1. The summed E-state index contributed by atoms with van der Waals surface area (Å²) in [4.78, 5) is 24.5. The van der Waals surface area contributed by atoms with Crippen molar-refractivity contribution >= 4 is 22.6 Å². The zero-order valence-corrected chi connectivity index (χ0v) is 22.5. The first kappa shape index (κ1) is 25.9. The molecule has 0 aliphatic heterocycles. The second kappa shape index (κ2) is 11.0. The van der Waals surface area contributed by atoms with E-state index in [1.165, 1.54) is 4.80 Å². The van der Waals surface area contributed by atoms with Crippen LogP contribution in [0, 0.1) is 5.82 Å². The number of nitrogens with zero attached hydrogens (tertiary/aromatic N) is 6. The van der Waals surface area contributed by atoms with E-state index in [2.05, 4.69) is 54.9 Å². The number of fused-ring (bicyclic) bond motifs is 1. The molecule has 0 bridgehead atoms. The van der Waals surface area contributed by atoms with Gasteiger partial charge in [-0.2, -0.15) is 4.80 Å². The van der Waals surface area contributed by atoms with Crippen LogP contribution in [-0.2, 0) is 20.1 Å². The smallest absolute Gasteiger partial charge is 0.253 e. The van der Waals surface area contributed by atoms with Crippen LogP contribution in [0.5, 0.6) is 0 Å². The summed E-state index contributed by atoms with van der Waals surface area (Å²) in [6.07, 6.45) is 1.58. The molecule has 0 fully saturated rings. The van der Waals surface area contributed by atoms with E-state index >= 15 is 4.39 Å². The monoisotopic (exact) mass is 546 g/mol. The third kappa shape index (κ3) is 5.14. The third-order valence-corrected chi connectivity index (χ3v) is 6.89. The second-order valence-electron chi connectivity index (χ2n) is 9.64. The van der Waals surface area contributed by atoms with Gasteiger partial charge in [-0.15, -0.1) is 10.2 Å². The minimum absolute atomic E-state index is 0.188. The Morgan fingerprint density at radius 2 is 1.61 bits per heavy atom. The maximum absolute atomic E-state index is 15.9. The molecular formula is C31H27FN8O. The molecule has 0 atom stereocenters. The molecule has 6 aromatic rings.